The first kappa shape index (κ1) is 20.1. The summed E-state index contributed by atoms with van der Waals surface area (Å²) in [6.45, 7) is 3.79. The van der Waals surface area contributed by atoms with E-state index < -0.39 is 24.5 Å². The number of carbonyl (C=O) groups excluding carboxylic acids is 2. The lowest BCUT2D eigenvalue weighted by molar-refractivity contribution is -0.128. The molecule has 150 valence electrons. The number of aliphatic hydroxyl groups excluding tert-OH is 1. The van der Waals surface area contributed by atoms with Gasteiger partial charge in [0.2, 0.25) is 11.8 Å². The molecule has 3 rings (SSSR count). The van der Waals surface area contributed by atoms with Crippen molar-refractivity contribution >= 4 is 28.8 Å². The van der Waals surface area contributed by atoms with E-state index in [2.05, 4.69) is 20.5 Å². The third-order valence-corrected chi connectivity index (χ3v) is 4.68. The van der Waals surface area contributed by atoms with Crippen LogP contribution in [0.4, 0.5) is 0 Å². The fourth-order valence-corrected chi connectivity index (χ4v) is 3.10. The number of carbonyl (C=O) groups is 2. The average Bonchev–Trinajstić information content (AvgIpc) is 3.14. The van der Waals surface area contributed by atoms with E-state index in [1.54, 1.807) is 6.08 Å². The van der Waals surface area contributed by atoms with Crippen LogP contribution >= 0.6 is 0 Å². The molecule has 8 nitrogen and oxygen atoms in total. The fraction of sp³-hybridized carbons (Fsp3) is 0.400. The molecule has 1 aromatic carbocycles. The number of nitrogens with zero attached hydrogens (tertiary/aromatic N) is 1. The minimum Gasteiger partial charge on any atom is -0.394 e. The van der Waals surface area contributed by atoms with Crippen LogP contribution in [0, 0.1) is 0 Å². The Labute approximate surface area is 163 Å². The first-order valence-corrected chi connectivity index (χ1v) is 9.41. The van der Waals surface area contributed by atoms with Gasteiger partial charge in [-0.25, -0.2) is 0 Å². The molecule has 0 bridgehead atoms. The Morgan fingerprint density at radius 1 is 1.29 bits per heavy atom. The summed E-state index contributed by atoms with van der Waals surface area (Å²) < 4.78 is 5.28. The van der Waals surface area contributed by atoms with Crippen molar-refractivity contribution in [1.82, 2.24) is 20.5 Å². The van der Waals surface area contributed by atoms with Crippen molar-refractivity contribution < 1.29 is 19.4 Å². The number of rotatable bonds is 8. The molecule has 1 aromatic heterocycles. The summed E-state index contributed by atoms with van der Waals surface area (Å²) in [5.74, 6) is -0.836. The highest BCUT2D eigenvalue weighted by Gasteiger charge is 2.19. The highest BCUT2D eigenvalue weighted by Crippen LogP contribution is 2.18. The van der Waals surface area contributed by atoms with Gasteiger partial charge < -0.3 is 25.5 Å². The van der Waals surface area contributed by atoms with Crippen molar-refractivity contribution in [2.24, 2.45) is 0 Å². The van der Waals surface area contributed by atoms with Crippen LogP contribution in [0.3, 0.4) is 0 Å². The maximum absolute atomic E-state index is 12.2. The maximum Gasteiger partial charge on any atom is 0.245 e. The third kappa shape index (κ3) is 5.41. The van der Waals surface area contributed by atoms with E-state index in [4.69, 9.17) is 4.74 Å². The van der Waals surface area contributed by atoms with Gasteiger partial charge in [0.25, 0.3) is 0 Å². The zero-order chi connectivity index (χ0) is 19.8. The van der Waals surface area contributed by atoms with Gasteiger partial charge in [0.05, 0.1) is 19.8 Å². The molecule has 0 unspecified atom stereocenters. The summed E-state index contributed by atoms with van der Waals surface area (Å²) in [5.41, 5.74) is 1.86. The number of morpholine rings is 1. The number of amides is 2. The first-order valence-electron chi connectivity index (χ1n) is 9.41. The van der Waals surface area contributed by atoms with Crippen molar-refractivity contribution in [3.05, 3.63) is 42.1 Å². The Morgan fingerprint density at radius 2 is 2.07 bits per heavy atom. The normalized spacial score (nSPS) is 16.3. The molecule has 2 amide bonds. The van der Waals surface area contributed by atoms with Crippen molar-refractivity contribution in [1.29, 1.82) is 0 Å². The predicted octanol–water partition coefficient (Wildman–Crippen LogP) is 0.107. The van der Waals surface area contributed by atoms with Gasteiger partial charge in [0.15, 0.2) is 0 Å². The van der Waals surface area contributed by atoms with E-state index in [1.165, 1.54) is 6.08 Å². The number of aliphatic hydroxyl groups is 1. The van der Waals surface area contributed by atoms with Crippen LogP contribution in [-0.4, -0.2) is 78.8 Å². The molecule has 1 saturated heterocycles. The summed E-state index contributed by atoms with van der Waals surface area (Å²) in [7, 11) is 0. The highest BCUT2D eigenvalue weighted by molar-refractivity contribution is 5.98. The van der Waals surface area contributed by atoms with Crippen molar-refractivity contribution in [2.75, 3.05) is 46.0 Å². The van der Waals surface area contributed by atoms with E-state index in [0.29, 0.717) is 26.3 Å². The molecule has 0 radical (unpaired) electrons. The molecule has 1 fully saturated rings. The summed E-state index contributed by atoms with van der Waals surface area (Å²) in [5, 5.41) is 15.7. The summed E-state index contributed by atoms with van der Waals surface area (Å²) >= 11 is 0. The quantitative estimate of drug-likeness (QED) is 0.482. The molecule has 1 aliphatic rings. The number of hydrogen-bond donors (Lipinski definition) is 4. The number of para-hydroxylation sites is 1. The second kappa shape index (κ2) is 10.0. The molecule has 0 saturated carbocycles. The fourth-order valence-electron chi connectivity index (χ4n) is 3.10. The number of H-pyrrole nitrogens is 1. The molecule has 1 atom stereocenters. The Hall–Kier alpha value is -2.68. The van der Waals surface area contributed by atoms with Crippen LogP contribution in [0.5, 0.6) is 0 Å². The summed E-state index contributed by atoms with van der Waals surface area (Å²) in [6.07, 6.45) is 4.86. The minimum atomic E-state index is -0.982. The number of hydrogen-bond acceptors (Lipinski definition) is 5. The molecule has 8 heteroatoms. The Morgan fingerprint density at radius 3 is 2.86 bits per heavy atom. The van der Waals surface area contributed by atoms with Crippen molar-refractivity contribution in [2.45, 2.75) is 6.04 Å². The Balaban J connectivity index is 1.47. The maximum atomic E-state index is 12.2. The number of ether oxygens (including phenoxy) is 1. The van der Waals surface area contributed by atoms with Gasteiger partial charge in [-0.2, -0.15) is 0 Å². The van der Waals surface area contributed by atoms with Gasteiger partial charge in [0, 0.05) is 49.4 Å². The van der Waals surface area contributed by atoms with Gasteiger partial charge in [-0.05, 0) is 17.7 Å². The molecule has 4 N–H and O–H groups in total. The van der Waals surface area contributed by atoms with Gasteiger partial charge in [-0.3, -0.25) is 14.5 Å². The highest BCUT2D eigenvalue weighted by atomic mass is 16.5. The van der Waals surface area contributed by atoms with Crippen LogP contribution < -0.4 is 10.6 Å². The van der Waals surface area contributed by atoms with Gasteiger partial charge >= 0.3 is 0 Å². The zero-order valence-corrected chi connectivity index (χ0v) is 15.7. The third-order valence-electron chi connectivity index (χ3n) is 4.68. The van der Waals surface area contributed by atoms with Crippen molar-refractivity contribution in [3.63, 3.8) is 0 Å². The van der Waals surface area contributed by atoms with E-state index in [-0.39, 0.29) is 0 Å². The van der Waals surface area contributed by atoms with E-state index in [9.17, 15) is 14.7 Å². The molecule has 1 aliphatic heterocycles. The second-order valence-electron chi connectivity index (χ2n) is 6.61. The molecule has 0 spiro atoms. The van der Waals surface area contributed by atoms with Gasteiger partial charge in [-0.1, -0.05) is 18.2 Å². The number of aromatic nitrogens is 1. The largest absolute Gasteiger partial charge is 0.394 e. The number of fused-ring (bicyclic) bond motifs is 1. The van der Waals surface area contributed by atoms with Crippen LogP contribution in [-0.2, 0) is 14.3 Å². The first-order chi connectivity index (χ1) is 13.7. The lowest BCUT2D eigenvalue weighted by atomic mass is 10.1. The molecular weight excluding hydrogens is 360 g/mol. The van der Waals surface area contributed by atoms with Gasteiger partial charge in [-0.15, -0.1) is 0 Å². The molecule has 28 heavy (non-hydrogen) atoms. The Kier molecular flexibility index (Phi) is 7.18. The average molecular weight is 386 g/mol. The van der Waals surface area contributed by atoms with Crippen LogP contribution in [0.25, 0.3) is 17.0 Å². The standard InChI is InChI=1S/C20H26N4O4/c25-14-18(20(27)21-7-8-24-9-11-28-12-10-24)23-19(26)6-5-15-13-22-17-4-2-1-3-16(15)17/h1-6,13,18,22,25H,7-12,14H2,(H,21,27)(H,23,26)/t18-/m0/s1. The van der Waals surface area contributed by atoms with Crippen molar-refractivity contribution in [3.8, 4) is 0 Å². The monoisotopic (exact) mass is 386 g/mol. The smallest absolute Gasteiger partial charge is 0.245 e. The lowest BCUT2D eigenvalue weighted by Gasteiger charge is -2.26. The summed E-state index contributed by atoms with van der Waals surface area (Å²) in [6, 6.07) is 6.79. The summed E-state index contributed by atoms with van der Waals surface area (Å²) in [4.78, 5) is 29.7. The molecule has 0 aliphatic carbocycles. The van der Waals surface area contributed by atoms with E-state index in [1.807, 2.05) is 30.5 Å². The number of aromatic amines is 1. The minimum absolute atomic E-state index is 0.399. The van der Waals surface area contributed by atoms with E-state index in [0.717, 1.165) is 29.6 Å². The number of nitrogens with one attached hydrogen (secondary N) is 3. The predicted molar refractivity (Wildman–Crippen MR) is 107 cm³/mol. The molecule has 2 heterocycles. The van der Waals surface area contributed by atoms with E-state index >= 15 is 0 Å². The topological polar surface area (TPSA) is 107 Å². The molecule has 2 aromatic rings. The van der Waals surface area contributed by atoms with Crippen LogP contribution in [0.2, 0.25) is 0 Å². The zero-order valence-electron chi connectivity index (χ0n) is 15.7. The van der Waals surface area contributed by atoms with Gasteiger partial charge in [0.1, 0.15) is 6.04 Å². The Bertz CT molecular complexity index is 826. The van der Waals surface area contributed by atoms with Crippen LogP contribution in [0.1, 0.15) is 5.56 Å². The second-order valence-corrected chi connectivity index (χ2v) is 6.61. The lowest BCUT2D eigenvalue weighted by Crippen LogP contribution is -2.50. The SMILES string of the molecule is O=C(C=Cc1c[nH]c2ccccc12)N[C@@H](CO)C(=O)NCCN1CCOCC1. The number of benzene rings is 1. The van der Waals surface area contributed by atoms with Crippen LogP contribution in [0.15, 0.2) is 36.5 Å². The molecular formula is C20H26N4O4.